The third kappa shape index (κ3) is 3.94. The maximum absolute atomic E-state index is 12.1. The quantitative estimate of drug-likeness (QED) is 0.886. The first kappa shape index (κ1) is 16.2. The van der Waals surface area contributed by atoms with Gasteiger partial charge in [-0.3, -0.25) is 5.32 Å². The molecule has 0 radical (unpaired) electrons. The van der Waals surface area contributed by atoms with E-state index in [4.69, 9.17) is 4.74 Å². The largest absolute Gasteiger partial charge is 0.493 e. The first-order chi connectivity index (χ1) is 10.5. The van der Waals surface area contributed by atoms with Gasteiger partial charge in [-0.2, -0.15) is 0 Å². The summed E-state index contributed by atoms with van der Waals surface area (Å²) in [6.07, 6.45) is 0.897. The molecule has 0 aliphatic heterocycles. The fourth-order valence-corrected chi connectivity index (χ4v) is 2.74. The topological polar surface area (TPSA) is 76.1 Å². The van der Waals surface area contributed by atoms with E-state index in [-0.39, 0.29) is 12.1 Å². The fourth-order valence-electron chi connectivity index (χ4n) is 1.90. The van der Waals surface area contributed by atoms with Crippen LogP contribution in [0.1, 0.15) is 36.3 Å². The second-order valence-electron chi connectivity index (χ2n) is 4.84. The second kappa shape index (κ2) is 7.22. The number of nitrogens with zero attached hydrogens (tertiary/aromatic N) is 2. The first-order valence-corrected chi connectivity index (χ1v) is 7.95. The summed E-state index contributed by atoms with van der Waals surface area (Å²) in [5.74, 6) is 0.926. The van der Waals surface area contributed by atoms with E-state index in [1.807, 2.05) is 25.3 Å². The van der Waals surface area contributed by atoms with Gasteiger partial charge in [0.25, 0.3) is 0 Å². The molecule has 2 heterocycles. The third-order valence-electron chi connectivity index (χ3n) is 3.11. The summed E-state index contributed by atoms with van der Waals surface area (Å²) < 4.78 is 5.19. The lowest BCUT2D eigenvalue weighted by molar-refractivity contribution is 0.249. The Labute approximate surface area is 133 Å². The van der Waals surface area contributed by atoms with Gasteiger partial charge in [-0.15, -0.1) is 11.3 Å². The Bertz CT molecular complexity index is 657. The van der Waals surface area contributed by atoms with Crippen molar-refractivity contribution in [2.24, 2.45) is 0 Å². The van der Waals surface area contributed by atoms with Crippen LogP contribution in [0.2, 0.25) is 0 Å². The van der Waals surface area contributed by atoms with Gasteiger partial charge in [0.15, 0.2) is 11.6 Å². The van der Waals surface area contributed by atoms with Crippen molar-refractivity contribution in [3.63, 3.8) is 0 Å². The number of methoxy groups -OCH3 is 1. The van der Waals surface area contributed by atoms with Crippen molar-refractivity contribution in [1.82, 2.24) is 15.3 Å². The highest BCUT2D eigenvalue weighted by atomic mass is 32.1. The summed E-state index contributed by atoms with van der Waals surface area (Å²) in [5, 5.41) is 8.59. The second-order valence-corrected chi connectivity index (χ2v) is 5.79. The van der Waals surface area contributed by atoms with Crippen LogP contribution in [0.3, 0.4) is 0 Å². The normalized spacial score (nSPS) is 11.8. The summed E-state index contributed by atoms with van der Waals surface area (Å²) in [6.45, 7) is 5.81. The Morgan fingerprint density at radius 1 is 1.41 bits per heavy atom. The number of hydrogen-bond acceptors (Lipinski definition) is 5. The Hall–Kier alpha value is -2.15. The van der Waals surface area contributed by atoms with Gasteiger partial charge in [-0.1, -0.05) is 6.92 Å². The third-order valence-corrected chi connectivity index (χ3v) is 4.12. The highest BCUT2D eigenvalue weighted by molar-refractivity contribution is 7.09. The van der Waals surface area contributed by atoms with Crippen molar-refractivity contribution >= 4 is 23.2 Å². The lowest BCUT2D eigenvalue weighted by Gasteiger charge is -2.14. The summed E-state index contributed by atoms with van der Waals surface area (Å²) in [7, 11) is 1.54. The maximum Gasteiger partial charge on any atom is 0.321 e. The van der Waals surface area contributed by atoms with Crippen molar-refractivity contribution in [2.75, 3.05) is 12.4 Å². The minimum absolute atomic E-state index is 0.174. The van der Waals surface area contributed by atoms with E-state index in [1.165, 1.54) is 0 Å². The summed E-state index contributed by atoms with van der Waals surface area (Å²) in [5.41, 5.74) is 1.66. The van der Waals surface area contributed by atoms with E-state index < -0.39 is 0 Å². The molecule has 118 valence electrons. The minimum atomic E-state index is -0.338. The van der Waals surface area contributed by atoms with Crippen LogP contribution in [-0.4, -0.2) is 23.1 Å². The molecule has 0 saturated heterocycles. The predicted molar refractivity (Wildman–Crippen MR) is 87.6 cm³/mol. The van der Waals surface area contributed by atoms with Crippen LogP contribution in [0.15, 0.2) is 17.5 Å². The maximum atomic E-state index is 12.1. The zero-order valence-corrected chi connectivity index (χ0v) is 14.0. The number of nitrogens with one attached hydrogen (secondary N) is 2. The van der Waals surface area contributed by atoms with Gasteiger partial charge in [0, 0.05) is 11.1 Å². The Morgan fingerprint density at radius 3 is 2.82 bits per heavy atom. The van der Waals surface area contributed by atoms with Crippen LogP contribution < -0.4 is 15.4 Å². The number of thiazole rings is 1. The van der Waals surface area contributed by atoms with Crippen molar-refractivity contribution in [3.8, 4) is 5.75 Å². The molecule has 7 heteroatoms. The van der Waals surface area contributed by atoms with Crippen LogP contribution in [-0.2, 0) is 6.42 Å². The number of amides is 2. The fraction of sp³-hybridized carbons (Fsp3) is 0.400. The van der Waals surface area contributed by atoms with Crippen molar-refractivity contribution in [1.29, 1.82) is 0 Å². The molecule has 2 N–H and O–H groups in total. The molecule has 0 fully saturated rings. The number of carbonyl (C=O) groups is 1. The molecule has 0 aliphatic carbocycles. The lowest BCUT2D eigenvalue weighted by Crippen LogP contribution is -2.31. The van der Waals surface area contributed by atoms with Crippen molar-refractivity contribution in [2.45, 2.75) is 33.2 Å². The molecule has 2 amide bonds. The van der Waals surface area contributed by atoms with Gasteiger partial charge in [0.1, 0.15) is 0 Å². The van der Waals surface area contributed by atoms with Gasteiger partial charge in [0.05, 0.1) is 23.9 Å². The first-order valence-electron chi connectivity index (χ1n) is 7.07. The number of aryl methyl sites for hydroxylation is 2. The van der Waals surface area contributed by atoms with E-state index in [9.17, 15) is 4.79 Å². The van der Waals surface area contributed by atoms with Gasteiger partial charge in [-0.25, -0.2) is 14.8 Å². The molecule has 0 unspecified atom stereocenters. The molecule has 0 aromatic carbocycles. The average Bonchev–Trinajstić information content (AvgIpc) is 2.96. The molecular formula is C15H20N4O2S. The lowest BCUT2D eigenvalue weighted by atomic mass is 10.2. The number of rotatable bonds is 5. The van der Waals surface area contributed by atoms with E-state index in [1.54, 1.807) is 24.5 Å². The summed E-state index contributed by atoms with van der Waals surface area (Å²) in [4.78, 5) is 20.9. The monoisotopic (exact) mass is 320 g/mol. The molecular weight excluding hydrogens is 300 g/mol. The van der Waals surface area contributed by atoms with Crippen LogP contribution in [0.5, 0.6) is 5.75 Å². The Morgan fingerprint density at radius 2 is 2.18 bits per heavy atom. The van der Waals surface area contributed by atoms with Gasteiger partial charge >= 0.3 is 6.03 Å². The number of anilines is 1. The van der Waals surface area contributed by atoms with Crippen LogP contribution in [0.25, 0.3) is 0 Å². The SMILES string of the molecule is CCc1nc([C@H](C)NC(=O)Nc2nc(C)ccc2OC)cs1. The van der Waals surface area contributed by atoms with Gasteiger partial charge in [0.2, 0.25) is 0 Å². The minimum Gasteiger partial charge on any atom is -0.493 e. The highest BCUT2D eigenvalue weighted by Gasteiger charge is 2.14. The molecule has 0 aliphatic rings. The molecule has 2 aromatic rings. The number of hydrogen-bond donors (Lipinski definition) is 2. The number of carbonyl (C=O) groups excluding carboxylic acids is 1. The Balaban J connectivity index is 2.02. The summed E-state index contributed by atoms with van der Waals surface area (Å²) in [6, 6.07) is 3.09. The average molecular weight is 320 g/mol. The zero-order valence-electron chi connectivity index (χ0n) is 13.1. The van der Waals surface area contributed by atoms with Crippen LogP contribution in [0.4, 0.5) is 10.6 Å². The van der Waals surface area contributed by atoms with Crippen molar-refractivity contribution in [3.05, 3.63) is 33.9 Å². The molecule has 0 bridgehead atoms. The van der Waals surface area contributed by atoms with E-state index in [2.05, 4.69) is 27.5 Å². The Kier molecular flexibility index (Phi) is 5.32. The molecule has 22 heavy (non-hydrogen) atoms. The van der Waals surface area contributed by atoms with Crippen molar-refractivity contribution < 1.29 is 9.53 Å². The van der Waals surface area contributed by atoms with E-state index in [0.717, 1.165) is 22.8 Å². The van der Waals surface area contributed by atoms with E-state index in [0.29, 0.717) is 11.6 Å². The van der Waals surface area contributed by atoms with Gasteiger partial charge < -0.3 is 10.1 Å². The smallest absolute Gasteiger partial charge is 0.321 e. The molecule has 0 saturated carbocycles. The summed E-state index contributed by atoms with van der Waals surface area (Å²) >= 11 is 1.60. The van der Waals surface area contributed by atoms with Gasteiger partial charge in [-0.05, 0) is 32.4 Å². The highest BCUT2D eigenvalue weighted by Crippen LogP contribution is 2.22. The molecule has 0 spiro atoms. The zero-order chi connectivity index (χ0) is 16.1. The number of pyridine rings is 1. The predicted octanol–water partition coefficient (Wildman–Crippen LogP) is 3.30. The number of urea groups is 1. The number of ether oxygens (including phenoxy) is 1. The molecule has 1 atom stereocenters. The molecule has 6 nitrogen and oxygen atoms in total. The molecule has 2 aromatic heterocycles. The van der Waals surface area contributed by atoms with Crippen LogP contribution in [0, 0.1) is 6.92 Å². The van der Waals surface area contributed by atoms with E-state index >= 15 is 0 Å². The molecule has 2 rings (SSSR count). The standard InChI is InChI=1S/C15H20N4O2S/c1-5-13-18-11(8-22-13)10(3)17-15(20)19-14-12(21-4)7-6-9(2)16-14/h6-8,10H,5H2,1-4H3,(H2,16,17,19,20)/t10-/m0/s1. The van der Waals surface area contributed by atoms with Crippen LogP contribution >= 0.6 is 11.3 Å². The number of aromatic nitrogens is 2.